The Morgan fingerprint density at radius 1 is 1.26 bits per heavy atom. The molecule has 0 spiro atoms. The van der Waals surface area contributed by atoms with Crippen molar-refractivity contribution in [3.63, 3.8) is 0 Å². The average molecular weight is 260 g/mol. The summed E-state index contributed by atoms with van der Waals surface area (Å²) in [6, 6.07) is 10.1. The van der Waals surface area contributed by atoms with Crippen LogP contribution in [-0.2, 0) is 25.0 Å². The molecule has 0 saturated heterocycles. The molecule has 0 fully saturated rings. The van der Waals surface area contributed by atoms with Gasteiger partial charge in [0.1, 0.15) is 0 Å². The maximum atomic E-state index is 5.44. The summed E-state index contributed by atoms with van der Waals surface area (Å²) in [5.41, 5.74) is 5.19. The molecule has 0 amide bonds. The van der Waals surface area contributed by atoms with Gasteiger partial charge in [0.15, 0.2) is 0 Å². The van der Waals surface area contributed by atoms with Crippen LogP contribution in [0.1, 0.15) is 11.3 Å². The van der Waals surface area contributed by atoms with Crippen molar-refractivity contribution in [2.75, 3.05) is 19.0 Å². The van der Waals surface area contributed by atoms with Crippen molar-refractivity contribution in [1.29, 1.82) is 0 Å². The zero-order chi connectivity index (χ0) is 13.7. The fraction of sp³-hybridized carbons (Fsp3) is 0.357. The number of nitrogens with zero attached hydrogens (tertiary/aromatic N) is 3. The lowest BCUT2D eigenvalue weighted by atomic mass is 10.2. The number of benzene rings is 1. The highest BCUT2D eigenvalue weighted by molar-refractivity contribution is 5.30. The summed E-state index contributed by atoms with van der Waals surface area (Å²) in [5.74, 6) is 0.930. The number of anilines is 1. The fourth-order valence-electron chi connectivity index (χ4n) is 1.85. The predicted molar refractivity (Wildman–Crippen MR) is 75.6 cm³/mol. The highest BCUT2D eigenvalue weighted by Crippen LogP contribution is 2.10. The third kappa shape index (κ3) is 3.56. The largest absolute Gasteiger partial charge is 0.348 e. The summed E-state index contributed by atoms with van der Waals surface area (Å²) < 4.78 is 2.04. The Balaban J connectivity index is 1.80. The summed E-state index contributed by atoms with van der Waals surface area (Å²) in [5, 5.41) is 0. The maximum absolute atomic E-state index is 5.44. The lowest BCUT2D eigenvalue weighted by Gasteiger charge is -2.12. The van der Waals surface area contributed by atoms with Crippen LogP contribution in [0.15, 0.2) is 36.5 Å². The second kappa shape index (κ2) is 6.36. The zero-order valence-corrected chi connectivity index (χ0v) is 11.6. The van der Waals surface area contributed by atoms with E-state index in [-0.39, 0.29) is 0 Å². The summed E-state index contributed by atoms with van der Waals surface area (Å²) >= 11 is 0. The highest BCUT2D eigenvalue weighted by Gasteiger charge is 2.07. The van der Waals surface area contributed by atoms with E-state index in [2.05, 4.69) is 10.5 Å². The van der Waals surface area contributed by atoms with E-state index in [4.69, 9.17) is 4.84 Å². The van der Waals surface area contributed by atoms with Crippen molar-refractivity contribution in [2.24, 2.45) is 7.05 Å². The molecule has 0 saturated carbocycles. The molecule has 1 heterocycles. The van der Waals surface area contributed by atoms with Crippen molar-refractivity contribution in [2.45, 2.75) is 13.2 Å². The molecule has 102 valence electrons. The first-order valence-corrected chi connectivity index (χ1v) is 6.25. The Morgan fingerprint density at radius 2 is 2.00 bits per heavy atom. The van der Waals surface area contributed by atoms with Gasteiger partial charge in [0.2, 0.25) is 5.95 Å². The molecule has 1 N–H and O–H groups in total. The number of hydrogen-bond donors (Lipinski definition) is 1. The maximum Gasteiger partial charge on any atom is 0.204 e. The molecule has 0 radical (unpaired) electrons. The molecule has 19 heavy (non-hydrogen) atoms. The van der Waals surface area contributed by atoms with Crippen molar-refractivity contribution < 1.29 is 4.84 Å². The van der Waals surface area contributed by atoms with Crippen LogP contribution in [0.25, 0.3) is 0 Å². The van der Waals surface area contributed by atoms with E-state index < -0.39 is 0 Å². The molecule has 2 aromatic rings. The Bertz CT molecular complexity index is 507. The number of nitrogens with one attached hydrogen (secondary N) is 1. The van der Waals surface area contributed by atoms with Gasteiger partial charge in [-0.2, -0.15) is 5.48 Å². The molecule has 2 rings (SSSR count). The Morgan fingerprint density at radius 3 is 2.63 bits per heavy atom. The fourth-order valence-corrected chi connectivity index (χ4v) is 1.85. The second-order valence-corrected chi connectivity index (χ2v) is 4.60. The Hall–Kier alpha value is -1.85. The number of hydrogen-bond acceptors (Lipinski definition) is 4. The van der Waals surface area contributed by atoms with Crippen molar-refractivity contribution in [3.05, 3.63) is 47.8 Å². The van der Waals surface area contributed by atoms with E-state index >= 15 is 0 Å². The lowest BCUT2D eigenvalue weighted by molar-refractivity contribution is 0.0224. The molecule has 1 aromatic heterocycles. The number of aromatic nitrogens is 2. The van der Waals surface area contributed by atoms with E-state index in [1.807, 2.05) is 67.1 Å². The van der Waals surface area contributed by atoms with E-state index in [1.54, 1.807) is 0 Å². The number of rotatable bonds is 6. The van der Waals surface area contributed by atoms with Crippen molar-refractivity contribution in [3.8, 4) is 0 Å². The molecule has 1 aromatic carbocycles. The van der Waals surface area contributed by atoms with Crippen LogP contribution in [0.3, 0.4) is 0 Å². The Kier molecular flexibility index (Phi) is 4.54. The quantitative estimate of drug-likeness (QED) is 0.634. The van der Waals surface area contributed by atoms with E-state index in [1.165, 1.54) is 0 Å². The minimum atomic E-state index is 0.555. The van der Waals surface area contributed by atoms with Crippen LogP contribution >= 0.6 is 0 Å². The second-order valence-electron chi connectivity index (χ2n) is 4.60. The third-order valence-corrected chi connectivity index (χ3v) is 2.90. The summed E-state index contributed by atoms with van der Waals surface area (Å²) in [6.45, 7) is 1.18. The van der Waals surface area contributed by atoms with Crippen LogP contribution in [0.2, 0.25) is 0 Å². The van der Waals surface area contributed by atoms with Crippen molar-refractivity contribution >= 4 is 5.95 Å². The van der Waals surface area contributed by atoms with Gasteiger partial charge in [-0.05, 0) is 5.56 Å². The standard InChI is InChI=1S/C14H20N4O/c1-17(2)14-15-9-13(18(14)3)10-16-19-11-12-7-5-4-6-8-12/h4-9,16H,10-11H2,1-3H3. The first-order chi connectivity index (χ1) is 9.18. The van der Waals surface area contributed by atoms with Crippen LogP contribution in [0.5, 0.6) is 0 Å². The first kappa shape index (κ1) is 13.6. The molecule has 5 heteroatoms. The van der Waals surface area contributed by atoms with Gasteiger partial charge in [0.05, 0.1) is 25.0 Å². The third-order valence-electron chi connectivity index (χ3n) is 2.90. The molecule has 0 unspecified atom stereocenters. The Labute approximate surface area is 113 Å². The van der Waals surface area contributed by atoms with E-state index in [9.17, 15) is 0 Å². The molecular formula is C14H20N4O. The number of hydroxylamine groups is 1. The summed E-state index contributed by atoms with van der Waals surface area (Å²) in [4.78, 5) is 11.8. The topological polar surface area (TPSA) is 42.3 Å². The predicted octanol–water partition coefficient (Wildman–Crippen LogP) is 1.71. The molecule has 0 aliphatic rings. The first-order valence-electron chi connectivity index (χ1n) is 6.25. The minimum absolute atomic E-state index is 0.555. The normalized spacial score (nSPS) is 10.7. The SMILES string of the molecule is CN(C)c1ncc(CNOCc2ccccc2)n1C. The molecule has 0 bridgehead atoms. The number of imidazole rings is 1. The highest BCUT2D eigenvalue weighted by atomic mass is 16.6. The van der Waals surface area contributed by atoms with Crippen molar-refractivity contribution in [1.82, 2.24) is 15.0 Å². The molecular weight excluding hydrogens is 240 g/mol. The summed E-state index contributed by atoms with van der Waals surface area (Å²) in [6.07, 6.45) is 1.86. The van der Waals surface area contributed by atoms with Gasteiger partial charge in [-0.15, -0.1) is 0 Å². The van der Waals surface area contributed by atoms with Gasteiger partial charge in [0, 0.05) is 21.1 Å². The average Bonchev–Trinajstić information content (AvgIpc) is 2.77. The van der Waals surface area contributed by atoms with E-state index in [0.29, 0.717) is 13.2 Å². The van der Waals surface area contributed by atoms with E-state index in [0.717, 1.165) is 17.2 Å². The lowest BCUT2D eigenvalue weighted by Crippen LogP contribution is -2.18. The monoisotopic (exact) mass is 260 g/mol. The van der Waals surface area contributed by atoms with Gasteiger partial charge in [-0.1, -0.05) is 30.3 Å². The van der Waals surface area contributed by atoms with Crippen LogP contribution in [0.4, 0.5) is 5.95 Å². The van der Waals surface area contributed by atoms with Gasteiger partial charge in [-0.3, -0.25) is 4.84 Å². The minimum Gasteiger partial charge on any atom is -0.348 e. The van der Waals surface area contributed by atoms with Gasteiger partial charge < -0.3 is 9.47 Å². The smallest absolute Gasteiger partial charge is 0.204 e. The van der Waals surface area contributed by atoms with Gasteiger partial charge in [-0.25, -0.2) is 4.98 Å². The van der Waals surface area contributed by atoms with Crippen LogP contribution in [0, 0.1) is 0 Å². The molecule has 0 aliphatic heterocycles. The molecule has 0 aliphatic carbocycles. The van der Waals surface area contributed by atoms with Gasteiger partial charge in [0.25, 0.3) is 0 Å². The van der Waals surface area contributed by atoms with Crippen LogP contribution in [-0.4, -0.2) is 23.6 Å². The molecule has 5 nitrogen and oxygen atoms in total. The summed E-state index contributed by atoms with van der Waals surface area (Å²) in [7, 11) is 5.95. The van der Waals surface area contributed by atoms with Gasteiger partial charge >= 0.3 is 0 Å². The zero-order valence-electron chi connectivity index (χ0n) is 11.6. The van der Waals surface area contributed by atoms with Crippen LogP contribution < -0.4 is 10.4 Å². The molecule has 0 atom stereocenters.